The summed E-state index contributed by atoms with van der Waals surface area (Å²) in [6.45, 7) is 2.46. The number of halogens is 1. The minimum Gasteiger partial charge on any atom is -0.506 e. The van der Waals surface area contributed by atoms with E-state index in [1.165, 1.54) is 19.2 Å². The molecule has 12 nitrogen and oxygen atoms in total. The maximum absolute atomic E-state index is 13.2. The number of H-pyrrole nitrogens is 1. The number of nitrogens with two attached hydrogens (primary N) is 1. The summed E-state index contributed by atoms with van der Waals surface area (Å²) in [5, 5.41) is 38.6. The normalized spacial score (nSPS) is 20.3. The average Bonchev–Trinajstić information content (AvgIpc) is 3.18. The molecule has 3 aromatic carbocycles. The number of ether oxygens (including phenoxy) is 1. The van der Waals surface area contributed by atoms with Gasteiger partial charge in [-0.2, -0.15) is 0 Å². The number of pyridine rings is 1. The second kappa shape index (κ2) is 17.3. The number of nitrogens with zero attached hydrogens (tertiary/aromatic N) is 1. The maximum Gasteiger partial charge on any atom is 0.411 e. The number of aromatic nitrogens is 1. The van der Waals surface area contributed by atoms with E-state index in [0.29, 0.717) is 51.5 Å². The lowest BCUT2D eigenvalue weighted by atomic mass is 9.71. The number of phenolic OH excluding ortho intramolecular Hbond substituents is 1. The second-order valence-corrected chi connectivity index (χ2v) is 15.4. The van der Waals surface area contributed by atoms with Crippen LogP contribution in [0.2, 0.25) is 5.02 Å². The Morgan fingerprint density at radius 2 is 1.82 bits per heavy atom. The van der Waals surface area contributed by atoms with E-state index < -0.39 is 23.2 Å². The van der Waals surface area contributed by atoms with Gasteiger partial charge in [-0.3, -0.25) is 14.5 Å². The number of carbonyl (C=O) groups excluding carboxylic acids is 1. The first-order valence-electron chi connectivity index (χ1n) is 19.0. The number of amides is 2. The van der Waals surface area contributed by atoms with Gasteiger partial charge in [-0.05, 0) is 68.0 Å². The third kappa shape index (κ3) is 8.94. The number of allylic oxidation sites excluding steroid dienone is 1. The minimum atomic E-state index is -0.989. The zero-order chi connectivity index (χ0) is 40.0. The summed E-state index contributed by atoms with van der Waals surface area (Å²) < 4.78 is 5.61. The Balaban J connectivity index is 1.09. The number of aliphatic hydroxyl groups excluding tert-OH is 1. The second-order valence-electron chi connectivity index (χ2n) is 15.0. The number of hydrogen-bond acceptors (Lipinski definition) is 8. The lowest BCUT2D eigenvalue weighted by Crippen LogP contribution is -2.50. The number of benzene rings is 3. The number of hydrogen-bond donors (Lipinski definition) is 7. The van der Waals surface area contributed by atoms with Crippen molar-refractivity contribution in [1.82, 2.24) is 15.2 Å². The molecule has 2 aliphatic carbocycles. The van der Waals surface area contributed by atoms with E-state index in [9.17, 15) is 29.7 Å². The fraction of sp³-hybridized carbons (Fsp3) is 0.372. The summed E-state index contributed by atoms with van der Waals surface area (Å²) in [6.07, 6.45) is 9.54. The van der Waals surface area contributed by atoms with Gasteiger partial charge in [-0.1, -0.05) is 79.4 Å². The van der Waals surface area contributed by atoms with Crippen LogP contribution in [0.25, 0.3) is 10.9 Å². The third-order valence-electron chi connectivity index (χ3n) is 11.0. The molecule has 13 heteroatoms. The Morgan fingerprint density at radius 3 is 2.54 bits per heavy atom. The topological polar surface area (TPSA) is 190 Å². The van der Waals surface area contributed by atoms with Crippen LogP contribution in [0, 0.1) is 0 Å². The number of aromatic hydroxyl groups is 1. The van der Waals surface area contributed by atoms with Crippen LogP contribution < -0.4 is 26.7 Å². The van der Waals surface area contributed by atoms with Crippen molar-refractivity contribution in [3.8, 4) is 11.5 Å². The van der Waals surface area contributed by atoms with Crippen molar-refractivity contribution < 1.29 is 29.6 Å². The number of anilines is 1. The van der Waals surface area contributed by atoms with Crippen LogP contribution in [-0.2, 0) is 16.8 Å². The lowest BCUT2D eigenvalue weighted by molar-refractivity contribution is -0.116. The van der Waals surface area contributed by atoms with Gasteiger partial charge in [0.05, 0.1) is 40.4 Å². The maximum atomic E-state index is 13.2. The van der Waals surface area contributed by atoms with Crippen molar-refractivity contribution in [3.63, 3.8) is 0 Å². The number of fused-ring (bicyclic) bond motifs is 1. The van der Waals surface area contributed by atoms with Crippen molar-refractivity contribution in [2.24, 2.45) is 5.73 Å². The average molecular weight is 784 g/mol. The standard InChI is InChI=1S/C43H50ClN5O7/c1-42(28-10-5-3-6-11-28)20-21-43(45,24-37(42)49(41(54)55)29-12-7-4-8-13-29)19-9-14-38(52)47-33-23-36(56-2)27(22-32(33)44)25-46-26-35(51)30-15-17-34(50)40-31(30)16-18-39(53)48-40/h3,5-6,10-11,15-18,20-24,29,35,46,50-51H,4,7-9,12-14,19,25-26,45H2,1-2H3,(H,47,52)(H,48,53)(H,54,55)/t35-,42-,43-/m0/s1. The summed E-state index contributed by atoms with van der Waals surface area (Å²) in [5.74, 6) is 0.128. The molecule has 296 valence electrons. The first-order chi connectivity index (χ1) is 26.8. The Labute approximate surface area is 331 Å². The molecule has 0 unspecified atom stereocenters. The monoisotopic (exact) mass is 783 g/mol. The number of phenols is 1. The van der Waals surface area contributed by atoms with Crippen LogP contribution in [0.5, 0.6) is 11.5 Å². The zero-order valence-electron chi connectivity index (χ0n) is 31.7. The number of aliphatic hydroxyl groups is 1. The molecule has 4 aromatic rings. The Hall–Kier alpha value is -5.14. The van der Waals surface area contributed by atoms with Gasteiger partial charge >= 0.3 is 6.09 Å². The van der Waals surface area contributed by atoms with Crippen molar-refractivity contribution >= 4 is 40.2 Å². The van der Waals surface area contributed by atoms with Gasteiger partial charge in [0, 0.05) is 54.3 Å². The van der Waals surface area contributed by atoms with Gasteiger partial charge in [-0.15, -0.1) is 0 Å². The molecule has 2 amide bonds. The van der Waals surface area contributed by atoms with Crippen LogP contribution in [0.3, 0.4) is 0 Å². The van der Waals surface area contributed by atoms with Gasteiger partial charge in [0.2, 0.25) is 11.5 Å². The van der Waals surface area contributed by atoms with Crippen molar-refractivity contribution in [2.75, 3.05) is 19.0 Å². The summed E-state index contributed by atoms with van der Waals surface area (Å²) >= 11 is 6.63. The molecular weight excluding hydrogens is 734 g/mol. The molecule has 0 bridgehead atoms. The fourth-order valence-electron chi connectivity index (χ4n) is 7.95. The predicted molar refractivity (Wildman–Crippen MR) is 218 cm³/mol. The quantitative estimate of drug-likeness (QED) is 0.0646. The van der Waals surface area contributed by atoms with Gasteiger partial charge < -0.3 is 41.4 Å². The summed E-state index contributed by atoms with van der Waals surface area (Å²) in [4.78, 5) is 42.0. The molecule has 2 aliphatic rings. The first kappa shape index (κ1) is 40.5. The highest BCUT2D eigenvalue weighted by molar-refractivity contribution is 6.33. The number of methoxy groups -OCH3 is 1. The van der Waals surface area contributed by atoms with E-state index >= 15 is 0 Å². The molecule has 1 aromatic heterocycles. The van der Waals surface area contributed by atoms with Crippen molar-refractivity contribution in [2.45, 2.75) is 87.9 Å². The number of rotatable bonds is 14. The molecule has 1 heterocycles. The van der Waals surface area contributed by atoms with Crippen LogP contribution >= 0.6 is 11.6 Å². The number of nitrogens with one attached hydrogen (secondary N) is 3. The molecule has 56 heavy (non-hydrogen) atoms. The lowest BCUT2D eigenvalue weighted by Gasteiger charge is -2.45. The minimum absolute atomic E-state index is 0.0886. The number of carbonyl (C=O) groups is 2. The highest BCUT2D eigenvalue weighted by Crippen LogP contribution is 2.43. The number of carboxylic acid groups (broad SMARTS) is 1. The summed E-state index contributed by atoms with van der Waals surface area (Å²) in [5.41, 5.74) is 8.41. The molecule has 3 atom stereocenters. The predicted octanol–water partition coefficient (Wildman–Crippen LogP) is 7.25. The molecule has 1 fully saturated rings. The highest BCUT2D eigenvalue weighted by atomic mass is 35.5. The van der Waals surface area contributed by atoms with E-state index in [4.69, 9.17) is 22.1 Å². The largest absolute Gasteiger partial charge is 0.506 e. The van der Waals surface area contributed by atoms with Gasteiger partial charge in [-0.25, -0.2) is 4.79 Å². The smallest absolute Gasteiger partial charge is 0.411 e. The van der Waals surface area contributed by atoms with E-state index in [1.807, 2.05) is 55.5 Å². The van der Waals surface area contributed by atoms with Crippen LogP contribution in [0.15, 0.2) is 95.4 Å². The molecule has 0 aliphatic heterocycles. The molecule has 6 rings (SSSR count). The molecule has 0 saturated heterocycles. The molecule has 8 N–H and O–H groups in total. The molecular formula is C43H50ClN5O7. The van der Waals surface area contributed by atoms with E-state index in [2.05, 4.69) is 15.6 Å². The van der Waals surface area contributed by atoms with Gasteiger partial charge in [0.25, 0.3) is 0 Å². The van der Waals surface area contributed by atoms with E-state index in [1.54, 1.807) is 29.2 Å². The molecule has 1 saturated carbocycles. The number of aromatic amines is 1. The third-order valence-corrected chi connectivity index (χ3v) is 11.3. The van der Waals surface area contributed by atoms with Gasteiger partial charge in [0.1, 0.15) is 11.5 Å². The Morgan fingerprint density at radius 1 is 1.07 bits per heavy atom. The highest BCUT2D eigenvalue weighted by Gasteiger charge is 2.42. The van der Waals surface area contributed by atoms with Crippen LogP contribution in [-0.4, -0.2) is 62.4 Å². The summed E-state index contributed by atoms with van der Waals surface area (Å²) in [6, 6.07) is 19.0. The zero-order valence-corrected chi connectivity index (χ0v) is 32.4. The summed E-state index contributed by atoms with van der Waals surface area (Å²) in [7, 11) is 1.51. The fourth-order valence-corrected chi connectivity index (χ4v) is 8.18. The first-order valence-corrected chi connectivity index (χ1v) is 19.4. The van der Waals surface area contributed by atoms with E-state index in [0.717, 1.165) is 37.7 Å². The van der Waals surface area contributed by atoms with Crippen LogP contribution in [0.1, 0.15) is 81.1 Å². The SMILES string of the molecule is COc1cc(NC(=O)CCC[C@]2(N)C=C[C@@](C)(c3ccccc3)C(N(C(=O)O)C3CCCCC3)=C2)c(Cl)cc1CNC[C@H](O)c1ccc(O)c2[nH]c(=O)ccc12. The van der Waals surface area contributed by atoms with Crippen molar-refractivity contribution in [1.29, 1.82) is 0 Å². The van der Waals surface area contributed by atoms with Crippen molar-refractivity contribution in [3.05, 3.63) is 123 Å². The Bertz CT molecular complexity index is 2180. The molecule has 0 spiro atoms. The Kier molecular flexibility index (Phi) is 12.5. The van der Waals surface area contributed by atoms with E-state index in [-0.39, 0.29) is 48.3 Å². The van der Waals surface area contributed by atoms with Crippen LogP contribution in [0.4, 0.5) is 10.5 Å². The van der Waals surface area contributed by atoms with Gasteiger partial charge in [0.15, 0.2) is 0 Å². The molecule has 0 radical (unpaired) electrons.